The first kappa shape index (κ1) is 44.6. The molecule has 4 aliphatic rings. The van der Waals surface area contributed by atoms with Gasteiger partial charge in [0.05, 0.1) is 45.7 Å². The van der Waals surface area contributed by atoms with Crippen LogP contribution in [0.1, 0.15) is 69.5 Å². The molecule has 7 atom stereocenters. The number of fused-ring (bicyclic) bond motifs is 3. The highest BCUT2D eigenvalue weighted by Gasteiger charge is 2.44. The molecular formula is C48H60N10O6S. The summed E-state index contributed by atoms with van der Waals surface area (Å²) in [5.41, 5.74) is 7.20. The Labute approximate surface area is 384 Å². The molecule has 4 aliphatic heterocycles. The van der Waals surface area contributed by atoms with Crippen LogP contribution in [0.5, 0.6) is 11.6 Å². The number of carbonyl (C=O) groups is 2. The highest BCUT2D eigenvalue weighted by atomic mass is 32.1. The van der Waals surface area contributed by atoms with E-state index >= 15 is 0 Å². The number of nitrogens with zero attached hydrogens (tertiary/aromatic N) is 8. The van der Waals surface area contributed by atoms with Crippen LogP contribution in [0.4, 0.5) is 11.5 Å². The predicted octanol–water partition coefficient (Wildman–Crippen LogP) is 5.55. The third-order valence-electron chi connectivity index (χ3n) is 13.7. The highest BCUT2D eigenvalue weighted by Crippen LogP contribution is 2.38. The fourth-order valence-corrected chi connectivity index (χ4v) is 11.1. The molecular weight excluding hydrogens is 845 g/mol. The fourth-order valence-electron chi connectivity index (χ4n) is 10.3. The number of para-hydroxylation sites is 1. The standard InChI is InChI=1S/C48H60N10O6S/c1-28(2)44(48(62)58-26-35(59)20-40(58)47(61)51-30(4)32-10-12-33(13-11-32)45-31(5)50-27-65-45)42-22-43(54-64-42)63-19-18-55-15-14-38(29(3)24-55)56-16-17-57-34(25-56)23-49-46-39(57)21-37(52-53-46)36-8-6-7-9-41(36)60/h6-13,21-22,27-30,34-35,38,40,44,59-60H,14-20,23-26H2,1-5H3,(H,49,53)(H,51,61)/t29-,30+,34+,35-,38-,40+,44-/m1/s1. The number of phenolic OH excluding ortho intramolecular Hbond substituents is 1. The minimum atomic E-state index is -0.821. The number of β-amino-alcohol motifs (C(OH)–C–C–N with tert-alkyl or cyclic N) is 1. The molecule has 3 fully saturated rings. The van der Waals surface area contributed by atoms with Gasteiger partial charge in [0.15, 0.2) is 11.6 Å². The van der Waals surface area contributed by atoms with Gasteiger partial charge in [-0.1, -0.05) is 57.2 Å². The van der Waals surface area contributed by atoms with Gasteiger partial charge in [-0.2, -0.15) is 0 Å². The lowest BCUT2D eigenvalue weighted by atomic mass is 9.91. The van der Waals surface area contributed by atoms with Crippen LogP contribution in [0, 0.1) is 18.8 Å². The highest BCUT2D eigenvalue weighted by molar-refractivity contribution is 7.13. The number of ether oxygens (including phenoxy) is 1. The van der Waals surface area contributed by atoms with Gasteiger partial charge in [-0.25, -0.2) is 4.98 Å². The van der Waals surface area contributed by atoms with Crippen LogP contribution >= 0.6 is 11.3 Å². The Hall–Kier alpha value is -5.62. The number of likely N-dealkylation sites (tertiary alicyclic amines) is 2. The number of rotatable bonds is 13. The van der Waals surface area contributed by atoms with Gasteiger partial charge in [0.2, 0.25) is 11.8 Å². The maximum absolute atomic E-state index is 14.2. The summed E-state index contributed by atoms with van der Waals surface area (Å²) >= 11 is 1.59. The van der Waals surface area contributed by atoms with Crippen molar-refractivity contribution in [2.75, 3.05) is 69.2 Å². The second kappa shape index (κ2) is 19.1. The molecule has 65 heavy (non-hydrogen) atoms. The van der Waals surface area contributed by atoms with Crippen molar-refractivity contribution >= 4 is 34.7 Å². The summed E-state index contributed by atoms with van der Waals surface area (Å²) in [5, 5.41) is 40.8. The number of aryl methyl sites for hydroxylation is 1. The molecule has 3 saturated heterocycles. The Morgan fingerprint density at radius 2 is 1.85 bits per heavy atom. The predicted molar refractivity (Wildman–Crippen MR) is 249 cm³/mol. The quantitative estimate of drug-likeness (QED) is 0.115. The lowest BCUT2D eigenvalue weighted by Gasteiger charge is -2.50. The van der Waals surface area contributed by atoms with Gasteiger partial charge in [0.1, 0.15) is 24.3 Å². The Balaban J connectivity index is 0.753. The molecule has 5 aromatic rings. The molecule has 0 saturated carbocycles. The SMILES string of the molecule is Cc1ncsc1-c1ccc([C@H](C)NC(=O)[C@@H]2C[C@@H](O)CN2C(=O)[C@@H](c2cc(OCCN3CC[C@@H](N4CCN5c6cc(-c7ccccc7O)nnc6NC[C@H]5C4)[C@H](C)C3)no2)C(C)C)cc1. The van der Waals surface area contributed by atoms with Crippen LogP contribution in [-0.4, -0.2) is 140 Å². The molecule has 2 aromatic carbocycles. The van der Waals surface area contributed by atoms with Crippen LogP contribution in [0.25, 0.3) is 21.7 Å². The lowest BCUT2D eigenvalue weighted by molar-refractivity contribution is -0.141. The van der Waals surface area contributed by atoms with E-state index < -0.39 is 18.1 Å². The summed E-state index contributed by atoms with van der Waals surface area (Å²) in [7, 11) is 0. The Morgan fingerprint density at radius 3 is 2.60 bits per heavy atom. The molecule has 0 unspecified atom stereocenters. The van der Waals surface area contributed by atoms with Gasteiger partial charge in [0.25, 0.3) is 5.88 Å². The zero-order valence-corrected chi connectivity index (χ0v) is 38.6. The molecule has 9 rings (SSSR count). The van der Waals surface area contributed by atoms with E-state index in [0.29, 0.717) is 47.5 Å². The number of aliphatic hydroxyl groups is 1. The summed E-state index contributed by atoms with van der Waals surface area (Å²) in [4.78, 5) is 42.5. The molecule has 0 bridgehead atoms. The van der Waals surface area contributed by atoms with E-state index in [4.69, 9.17) is 9.26 Å². The van der Waals surface area contributed by atoms with E-state index in [1.165, 1.54) is 4.90 Å². The van der Waals surface area contributed by atoms with E-state index in [1.807, 2.05) is 75.7 Å². The Bertz CT molecular complexity index is 2460. The maximum atomic E-state index is 14.2. The number of nitrogens with one attached hydrogen (secondary N) is 2. The molecule has 16 nitrogen and oxygen atoms in total. The minimum absolute atomic E-state index is 0.0604. The number of carbonyl (C=O) groups excluding carboxylic acids is 2. The monoisotopic (exact) mass is 904 g/mol. The van der Waals surface area contributed by atoms with Gasteiger partial charge in [-0.3, -0.25) is 19.4 Å². The maximum Gasteiger partial charge on any atom is 0.254 e. The Kier molecular flexibility index (Phi) is 13.1. The number of hydrogen-bond acceptors (Lipinski definition) is 15. The normalized spacial score (nSPS) is 23.4. The Morgan fingerprint density at radius 1 is 1.03 bits per heavy atom. The largest absolute Gasteiger partial charge is 0.507 e. The fraction of sp³-hybridized carbons (Fsp3) is 0.500. The summed E-state index contributed by atoms with van der Waals surface area (Å²) in [6.07, 6.45) is 0.404. The van der Waals surface area contributed by atoms with Crippen LogP contribution in [0.15, 0.2) is 70.7 Å². The summed E-state index contributed by atoms with van der Waals surface area (Å²) < 4.78 is 11.9. The number of benzene rings is 2. The number of piperidine rings is 1. The average Bonchev–Trinajstić information content (AvgIpc) is 4.06. The molecule has 4 N–H and O–H groups in total. The summed E-state index contributed by atoms with van der Waals surface area (Å²) in [5.74, 6) is 0.678. The van der Waals surface area contributed by atoms with Gasteiger partial charge in [-0.15, -0.1) is 21.5 Å². The zero-order chi connectivity index (χ0) is 45.4. The summed E-state index contributed by atoms with van der Waals surface area (Å²) in [6.45, 7) is 16.9. The van der Waals surface area contributed by atoms with Gasteiger partial charge in [0, 0.05) is 69.9 Å². The van der Waals surface area contributed by atoms with Crippen molar-refractivity contribution in [1.82, 2.24) is 40.4 Å². The minimum Gasteiger partial charge on any atom is -0.507 e. The first-order valence-corrected chi connectivity index (χ1v) is 23.8. The van der Waals surface area contributed by atoms with Gasteiger partial charge in [-0.05, 0) is 73.1 Å². The van der Waals surface area contributed by atoms with Crippen molar-refractivity contribution in [2.45, 2.75) is 83.6 Å². The number of phenols is 1. The molecule has 0 aliphatic carbocycles. The number of amides is 2. The number of aromatic hydroxyl groups is 1. The number of aromatic nitrogens is 4. The zero-order valence-electron chi connectivity index (χ0n) is 37.8. The number of anilines is 2. The molecule has 7 heterocycles. The second-order valence-electron chi connectivity index (χ2n) is 18.5. The molecule has 0 radical (unpaired) electrons. The lowest BCUT2D eigenvalue weighted by Crippen LogP contribution is -2.62. The molecule has 3 aromatic heterocycles. The summed E-state index contributed by atoms with van der Waals surface area (Å²) in [6, 6.07) is 18.7. The molecule has 0 spiro atoms. The number of hydrogen-bond donors (Lipinski definition) is 4. The van der Waals surface area contributed by atoms with Crippen LogP contribution < -0.4 is 20.3 Å². The van der Waals surface area contributed by atoms with Crippen LogP contribution in [0.3, 0.4) is 0 Å². The van der Waals surface area contributed by atoms with Crippen molar-refractivity contribution in [1.29, 1.82) is 0 Å². The van der Waals surface area contributed by atoms with E-state index in [2.05, 4.69) is 52.6 Å². The number of aliphatic hydroxyl groups excluding tert-OH is 1. The topological polar surface area (TPSA) is 186 Å². The van der Waals surface area contributed by atoms with Gasteiger partial charge >= 0.3 is 0 Å². The van der Waals surface area contributed by atoms with E-state index in [-0.39, 0.29) is 42.5 Å². The second-order valence-corrected chi connectivity index (χ2v) is 19.3. The number of piperazine rings is 1. The first-order chi connectivity index (χ1) is 31.4. The van der Waals surface area contributed by atoms with Crippen molar-refractivity contribution in [2.24, 2.45) is 11.8 Å². The molecule has 344 valence electrons. The van der Waals surface area contributed by atoms with Crippen molar-refractivity contribution in [3.05, 3.63) is 83.2 Å². The smallest absolute Gasteiger partial charge is 0.254 e. The van der Waals surface area contributed by atoms with Crippen molar-refractivity contribution in [3.63, 3.8) is 0 Å². The van der Waals surface area contributed by atoms with E-state index in [1.54, 1.807) is 29.5 Å². The van der Waals surface area contributed by atoms with Crippen LogP contribution in [0.2, 0.25) is 0 Å². The van der Waals surface area contributed by atoms with Gasteiger partial charge < -0.3 is 39.9 Å². The number of thiazole rings is 1. The third-order valence-corrected chi connectivity index (χ3v) is 14.7. The van der Waals surface area contributed by atoms with Crippen molar-refractivity contribution < 1.29 is 29.1 Å². The van der Waals surface area contributed by atoms with E-state index in [0.717, 1.165) is 85.4 Å². The molecule has 17 heteroatoms. The van der Waals surface area contributed by atoms with Crippen LogP contribution in [-0.2, 0) is 9.59 Å². The van der Waals surface area contributed by atoms with E-state index in [9.17, 15) is 19.8 Å². The first-order valence-electron chi connectivity index (χ1n) is 22.9. The van der Waals surface area contributed by atoms with Crippen molar-refractivity contribution in [3.8, 4) is 33.3 Å². The average molecular weight is 905 g/mol. The third kappa shape index (κ3) is 9.42. The molecule has 2 amide bonds.